The van der Waals surface area contributed by atoms with E-state index in [-0.39, 0.29) is 0 Å². The molecule has 0 radical (unpaired) electrons. The van der Waals surface area contributed by atoms with E-state index in [1.165, 1.54) is 32.1 Å². The molecule has 0 nitrogen and oxygen atoms in total. The summed E-state index contributed by atoms with van der Waals surface area (Å²) in [6.45, 7) is 8.72. The van der Waals surface area contributed by atoms with Gasteiger partial charge in [-0.2, -0.15) is 0 Å². The molecule has 0 aliphatic heterocycles. The molecule has 0 heterocycles. The molecule has 0 aromatic rings. The van der Waals surface area contributed by atoms with Gasteiger partial charge in [0, 0.05) is 0 Å². The van der Waals surface area contributed by atoms with Gasteiger partial charge in [0.25, 0.3) is 0 Å². The molecule has 2 atom stereocenters. The van der Waals surface area contributed by atoms with Gasteiger partial charge in [0.1, 0.15) is 0 Å². The van der Waals surface area contributed by atoms with E-state index >= 15 is 0 Å². The highest BCUT2D eigenvalue weighted by Crippen LogP contribution is 2.79. The van der Waals surface area contributed by atoms with Gasteiger partial charge in [-0.25, -0.2) is 0 Å². The summed E-state index contributed by atoms with van der Waals surface area (Å²) in [6.07, 6.45) is 23.1. The van der Waals surface area contributed by atoms with E-state index in [4.69, 9.17) is 0 Å². The van der Waals surface area contributed by atoms with Crippen LogP contribution in [-0.2, 0) is 0 Å². The Kier molecular flexibility index (Phi) is 2.58. The topological polar surface area (TPSA) is 0 Å². The van der Waals surface area contributed by atoms with Crippen LogP contribution in [-0.4, -0.2) is 0 Å². The Morgan fingerprint density at radius 1 is 0.542 bits per heavy atom. The molecule has 8 fully saturated rings. The average Bonchev–Trinajstić information content (AvgIpc) is 2.52. The fraction of sp³-hybridized carbons (Fsp3) is 0.833. The van der Waals surface area contributed by atoms with E-state index in [2.05, 4.69) is 25.3 Å². The minimum Gasteiger partial charge on any atom is -0.103 e. The quantitative estimate of drug-likeness (QED) is 0.518. The third-order valence-corrected chi connectivity index (χ3v) is 10.2. The Hall–Kier alpha value is -0.520. The lowest BCUT2D eigenvalue weighted by Crippen LogP contribution is -2.64. The summed E-state index contributed by atoms with van der Waals surface area (Å²) in [6, 6.07) is 0. The van der Waals surface area contributed by atoms with Crippen LogP contribution in [0.25, 0.3) is 0 Å². The van der Waals surface area contributed by atoms with Gasteiger partial charge in [-0.15, -0.1) is 13.2 Å². The second-order valence-corrected chi connectivity index (χ2v) is 11.6. The maximum absolute atomic E-state index is 4.36. The minimum absolute atomic E-state index is 0.455. The number of hydrogen-bond donors (Lipinski definition) is 0. The van der Waals surface area contributed by atoms with Crippen molar-refractivity contribution in [3.63, 3.8) is 0 Å². The fourth-order valence-corrected chi connectivity index (χ4v) is 10.4. The molecule has 0 amide bonds. The van der Waals surface area contributed by atoms with Gasteiger partial charge in [-0.1, -0.05) is 12.2 Å². The second-order valence-electron chi connectivity index (χ2n) is 11.6. The van der Waals surface area contributed by atoms with Crippen LogP contribution < -0.4 is 0 Å². The standard InChI is InChI=1S/C24H34/c1-3-21-8-20-9-22(4-2,14-21)16-24(13-20,15-21)23-10-17-5-18(11-23)7-19(6-17)12-23/h3-4,17-20H,1-2,5-16H2. The first kappa shape index (κ1) is 14.6. The summed E-state index contributed by atoms with van der Waals surface area (Å²) in [5, 5.41) is 0. The molecule has 8 aliphatic carbocycles. The van der Waals surface area contributed by atoms with Crippen molar-refractivity contribution in [3.05, 3.63) is 25.3 Å². The molecule has 0 heteroatoms. The van der Waals surface area contributed by atoms with E-state index in [0.29, 0.717) is 21.7 Å². The van der Waals surface area contributed by atoms with Crippen molar-refractivity contribution < 1.29 is 0 Å². The fourth-order valence-electron chi connectivity index (χ4n) is 10.4. The van der Waals surface area contributed by atoms with Crippen LogP contribution in [0.1, 0.15) is 77.0 Å². The van der Waals surface area contributed by atoms with E-state index in [1.54, 1.807) is 44.9 Å². The lowest BCUT2D eigenvalue weighted by molar-refractivity contribution is -0.226. The molecule has 0 N–H and O–H groups in total. The normalized spacial score (nSPS) is 62.8. The first-order chi connectivity index (χ1) is 11.5. The lowest BCUT2D eigenvalue weighted by atomic mass is 9.31. The smallest absolute Gasteiger partial charge is 0.0105 e. The zero-order chi connectivity index (χ0) is 16.2. The Bertz CT molecular complexity index is 550. The first-order valence-corrected chi connectivity index (χ1v) is 10.8. The van der Waals surface area contributed by atoms with Crippen LogP contribution in [0.5, 0.6) is 0 Å². The number of rotatable bonds is 3. The van der Waals surface area contributed by atoms with Crippen molar-refractivity contribution in [2.75, 3.05) is 0 Å². The summed E-state index contributed by atoms with van der Waals surface area (Å²) < 4.78 is 0. The Balaban J connectivity index is 1.48. The third-order valence-electron chi connectivity index (χ3n) is 10.2. The predicted molar refractivity (Wildman–Crippen MR) is 99.5 cm³/mol. The van der Waals surface area contributed by atoms with E-state index in [9.17, 15) is 0 Å². The number of hydrogen-bond acceptors (Lipinski definition) is 0. The Labute approximate surface area is 148 Å². The molecule has 2 unspecified atom stereocenters. The largest absolute Gasteiger partial charge is 0.103 e. The van der Waals surface area contributed by atoms with Gasteiger partial charge in [0.15, 0.2) is 0 Å². The van der Waals surface area contributed by atoms with Crippen LogP contribution >= 0.6 is 0 Å². The zero-order valence-corrected chi connectivity index (χ0v) is 15.4. The van der Waals surface area contributed by atoms with Crippen LogP contribution in [0, 0.1) is 45.3 Å². The average molecular weight is 323 g/mol. The van der Waals surface area contributed by atoms with Gasteiger partial charge < -0.3 is 0 Å². The summed E-state index contributed by atoms with van der Waals surface area (Å²) in [4.78, 5) is 0. The molecule has 130 valence electrons. The molecule has 8 bridgehead atoms. The Morgan fingerprint density at radius 3 is 1.46 bits per heavy atom. The van der Waals surface area contributed by atoms with Crippen molar-refractivity contribution in [3.8, 4) is 0 Å². The molecule has 8 rings (SSSR count). The zero-order valence-electron chi connectivity index (χ0n) is 15.4. The summed E-state index contributed by atoms with van der Waals surface area (Å²) >= 11 is 0. The van der Waals surface area contributed by atoms with Gasteiger partial charge in [0.2, 0.25) is 0 Å². The molecule has 8 aliphatic rings. The van der Waals surface area contributed by atoms with Crippen LogP contribution in [0.3, 0.4) is 0 Å². The highest BCUT2D eigenvalue weighted by Gasteiger charge is 2.69. The number of allylic oxidation sites excluding steroid dienone is 2. The second kappa shape index (κ2) is 4.24. The maximum atomic E-state index is 4.36. The van der Waals surface area contributed by atoms with Crippen LogP contribution in [0.2, 0.25) is 0 Å². The molecule has 0 spiro atoms. The van der Waals surface area contributed by atoms with E-state index in [0.717, 1.165) is 23.7 Å². The van der Waals surface area contributed by atoms with E-state index in [1.807, 2.05) is 0 Å². The van der Waals surface area contributed by atoms with E-state index < -0.39 is 0 Å². The lowest BCUT2D eigenvalue weighted by Gasteiger charge is -2.74. The highest BCUT2D eigenvalue weighted by molar-refractivity contribution is 5.25. The minimum atomic E-state index is 0.455. The summed E-state index contributed by atoms with van der Waals surface area (Å²) in [5.74, 6) is 4.22. The Morgan fingerprint density at radius 2 is 1.00 bits per heavy atom. The van der Waals surface area contributed by atoms with Crippen molar-refractivity contribution in [1.29, 1.82) is 0 Å². The van der Waals surface area contributed by atoms with Crippen molar-refractivity contribution in [2.24, 2.45) is 45.3 Å². The summed E-state index contributed by atoms with van der Waals surface area (Å²) in [5.41, 5.74) is 2.27. The molecule has 8 saturated carbocycles. The van der Waals surface area contributed by atoms with Crippen molar-refractivity contribution in [2.45, 2.75) is 77.0 Å². The molecule has 0 aromatic heterocycles. The monoisotopic (exact) mass is 322 g/mol. The van der Waals surface area contributed by atoms with Gasteiger partial charge in [0.05, 0.1) is 0 Å². The SMILES string of the molecule is C=CC12CC3CC(C=C)(C1)CC(C14CC5CC(CC(C5)C1)C4)(C3)C2. The van der Waals surface area contributed by atoms with Crippen LogP contribution in [0.15, 0.2) is 25.3 Å². The molecule has 24 heavy (non-hydrogen) atoms. The van der Waals surface area contributed by atoms with Gasteiger partial charge in [-0.3, -0.25) is 0 Å². The van der Waals surface area contributed by atoms with Crippen LogP contribution in [0.4, 0.5) is 0 Å². The molecule has 0 aromatic carbocycles. The first-order valence-electron chi connectivity index (χ1n) is 10.8. The molecule has 0 saturated heterocycles. The highest BCUT2D eigenvalue weighted by atomic mass is 14.7. The van der Waals surface area contributed by atoms with Gasteiger partial charge in [-0.05, 0) is 122 Å². The molecular weight excluding hydrogens is 288 g/mol. The van der Waals surface area contributed by atoms with Crippen molar-refractivity contribution >= 4 is 0 Å². The third kappa shape index (κ3) is 1.62. The predicted octanol–water partition coefficient (Wildman–Crippen LogP) is 6.53. The molecular formula is C24H34. The van der Waals surface area contributed by atoms with Gasteiger partial charge >= 0.3 is 0 Å². The maximum Gasteiger partial charge on any atom is -0.0105 e. The van der Waals surface area contributed by atoms with Crippen molar-refractivity contribution in [1.82, 2.24) is 0 Å². The summed E-state index contributed by atoms with van der Waals surface area (Å²) in [7, 11) is 0.